The van der Waals surface area contributed by atoms with E-state index in [9.17, 15) is 19.8 Å². The zero-order valence-corrected chi connectivity index (χ0v) is 54.7. The molecule has 0 heterocycles. The molecule has 0 radical (unpaired) electrons. The van der Waals surface area contributed by atoms with Gasteiger partial charge in [0.2, 0.25) is 0 Å². The van der Waals surface area contributed by atoms with Gasteiger partial charge in [-0.25, -0.2) is 9.59 Å². The van der Waals surface area contributed by atoms with Crippen LogP contribution in [0.1, 0.15) is 322 Å². The van der Waals surface area contributed by atoms with E-state index < -0.39 is 11.9 Å². The zero-order chi connectivity index (χ0) is 61.7. The highest BCUT2D eigenvalue weighted by molar-refractivity contribution is 5.91. The summed E-state index contributed by atoms with van der Waals surface area (Å²) in [6.45, 7) is 6.35. The van der Waals surface area contributed by atoms with E-state index in [2.05, 4.69) is 23.8 Å². The molecule has 0 atom stereocenters. The Morgan fingerprint density at radius 1 is 0.322 bits per heavy atom. The van der Waals surface area contributed by atoms with Gasteiger partial charge in [0.25, 0.3) is 0 Å². The van der Waals surface area contributed by atoms with E-state index in [-0.39, 0.29) is 24.7 Å². The highest BCUT2D eigenvalue weighted by atomic mass is 16.5. The van der Waals surface area contributed by atoms with Crippen LogP contribution in [-0.2, 0) is 9.47 Å². The molecule has 0 aliphatic rings. The number of aliphatic imine (C=N–C) groups is 2. The molecule has 10 heteroatoms. The smallest absolute Gasteiger partial charge is 0.338 e. The molecule has 484 valence electrons. The molecule has 4 aromatic rings. The largest absolute Gasteiger partial charge is 0.507 e. The molecule has 0 aliphatic carbocycles. The summed E-state index contributed by atoms with van der Waals surface area (Å²) in [5, 5.41) is 21.3. The molecule has 0 aromatic heterocycles. The first-order chi connectivity index (χ1) is 42.9. The molecule has 2 N–H and O–H groups in total. The zero-order valence-electron chi connectivity index (χ0n) is 54.7. The molecular formula is C77H118N2O8. The lowest BCUT2D eigenvalue weighted by Gasteiger charge is -2.08. The maximum absolute atomic E-state index is 12.7. The first-order valence-electron chi connectivity index (χ1n) is 35.4. The topological polar surface area (TPSA) is 136 Å². The molecule has 10 nitrogen and oxygen atoms in total. The van der Waals surface area contributed by atoms with Gasteiger partial charge in [-0.05, 0) is 105 Å². The minimum Gasteiger partial charge on any atom is -0.507 e. The molecule has 0 spiro atoms. The molecule has 0 saturated heterocycles. The second-order valence-electron chi connectivity index (χ2n) is 24.5. The van der Waals surface area contributed by atoms with Crippen molar-refractivity contribution in [3.63, 3.8) is 0 Å². The van der Waals surface area contributed by atoms with Crippen molar-refractivity contribution in [2.45, 2.75) is 290 Å². The summed E-state index contributed by atoms with van der Waals surface area (Å²) < 4.78 is 22.8. The normalized spacial score (nSPS) is 11.5. The Kier molecular flexibility index (Phi) is 43.5. The summed E-state index contributed by atoms with van der Waals surface area (Å²) in [5.74, 6) is 0.656. The standard InChI is InChI=1S/C77H118N2O8/c1-3-5-7-9-11-13-15-17-19-21-23-25-27-29-31-33-35-37-39-42-58-84-72-56-50-68(74(80)62-72)64-78-70-52-46-66(47-53-70)76(82)86-60-44-41-45-61-87-77(83)67-48-54-71(55-49-67)79-65-69-51-57-73(63-75(69)81)85-59-43-40-38-36-34-32-30-28-26-24-22-20-18-16-14-12-10-8-6-4-2/h46-57,62-65,80-81H,3-45,58-61H2,1-2H3. The van der Waals surface area contributed by atoms with Crippen LogP contribution in [0.5, 0.6) is 23.0 Å². The third-order valence-corrected chi connectivity index (χ3v) is 16.7. The molecule has 0 fully saturated rings. The highest BCUT2D eigenvalue weighted by Gasteiger charge is 2.10. The van der Waals surface area contributed by atoms with Crippen LogP contribution in [0, 0.1) is 0 Å². The summed E-state index contributed by atoms with van der Waals surface area (Å²) in [4.78, 5) is 34.4. The van der Waals surface area contributed by atoms with E-state index in [1.165, 1.54) is 231 Å². The van der Waals surface area contributed by atoms with Crippen molar-refractivity contribution in [2.24, 2.45) is 9.98 Å². The number of hydrogen-bond donors (Lipinski definition) is 2. The SMILES string of the molecule is CCCCCCCCCCCCCCCCCCCCCCOc1ccc(C=Nc2ccc(C(=O)OCCCCCOC(=O)c3ccc(N=Cc4ccc(OCCCCCCCCCCCCCCCCCCCCCC)cc4O)cc3)cc2)c(O)c1. The predicted molar refractivity (Wildman–Crippen MR) is 365 cm³/mol. The first kappa shape index (κ1) is 73.8. The van der Waals surface area contributed by atoms with Crippen molar-refractivity contribution in [1.82, 2.24) is 0 Å². The fraction of sp³-hybridized carbons (Fsp3) is 0.636. The van der Waals surface area contributed by atoms with Crippen LogP contribution >= 0.6 is 0 Å². The van der Waals surface area contributed by atoms with Gasteiger partial charge in [0, 0.05) is 35.7 Å². The number of benzene rings is 4. The maximum atomic E-state index is 12.7. The number of nitrogens with zero attached hydrogens (tertiary/aromatic N) is 2. The fourth-order valence-electron chi connectivity index (χ4n) is 11.1. The average Bonchev–Trinajstić information content (AvgIpc) is 3.71. The van der Waals surface area contributed by atoms with Gasteiger partial charge in [0.05, 0.1) is 48.9 Å². The second-order valence-corrected chi connectivity index (χ2v) is 24.5. The van der Waals surface area contributed by atoms with E-state index in [1.807, 2.05) is 12.1 Å². The van der Waals surface area contributed by atoms with Crippen molar-refractivity contribution < 1.29 is 38.7 Å². The molecular weight excluding hydrogens is 1080 g/mol. The predicted octanol–water partition coefficient (Wildman–Crippen LogP) is 23.2. The Bertz CT molecular complexity index is 2220. The third-order valence-electron chi connectivity index (χ3n) is 16.7. The fourth-order valence-corrected chi connectivity index (χ4v) is 11.1. The molecule has 0 unspecified atom stereocenters. The van der Waals surface area contributed by atoms with E-state index >= 15 is 0 Å². The van der Waals surface area contributed by atoms with Crippen LogP contribution in [0.2, 0.25) is 0 Å². The molecule has 0 bridgehead atoms. The van der Waals surface area contributed by atoms with E-state index in [4.69, 9.17) is 18.9 Å². The van der Waals surface area contributed by atoms with Crippen molar-refractivity contribution >= 4 is 35.7 Å². The number of ether oxygens (including phenoxy) is 4. The van der Waals surface area contributed by atoms with E-state index in [1.54, 1.807) is 85.2 Å². The van der Waals surface area contributed by atoms with Crippen molar-refractivity contribution in [3.8, 4) is 23.0 Å². The van der Waals surface area contributed by atoms with Crippen LogP contribution < -0.4 is 9.47 Å². The van der Waals surface area contributed by atoms with E-state index in [0.717, 1.165) is 32.1 Å². The molecule has 4 aromatic carbocycles. The number of phenolic OH excluding ortho intramolecular Hbond substituents is 2. The summed E-state index contributed by atoms with van der Waals surface area (Å²) in [7, 11) is 0. The number of carbonyl (C=O) groups is 2. The number of esters is 2. The Balaban J connectivity index is 0.942. The van der Waals surface area contributed by atoms with Crippen LogP contribution in [0.25, 0.3) is 0 Å². The summed E-state index contributed by atoms with van der Waals surface area (Å²) in [5.41, 5.74) is 3.28. The number of phenols is 2. The van der Waals surface area contributed by atoms with Crippen molar-refractivity contribution in [2.75, 3.05) is 26.4 Å². The minimum atomic E-state index is -0.417. The number of carbonyl (C=O) groups excluding carboxylic acids is 2. The first-order valence-corrected chi connectivity index (χ1v) is 35.4. The van der Waals surface area contributed by atoms with E-state index in [0.29, 0.717) is 71.2 Å². The minimum absolute atomic E-state index is 0.0999. The molecule has 87 heavy (non-hydrogen) atoms. The van der Waals surface area contributed by atoms with Crippen LogP contribution in [0.3, 0.4) is 0 Å². The van der Waals surface area contributed by atoms with Gasteiger partial charge in [-0.1, -0.05) is 258 Å². The van der Waals surface area contributed by atoms with Crippen LogP contribution in [-0.4, -0.2) is 61.0 Å². The summed E-state index contributed by atoms with van der Waals surface area (Å²) >= 11 is 0. The van der Waals surface area contributed by atoms with Gasteiger partial charge in [-0.3, -0.25) is 9.98 Å². The van der Waals surface area contributed by atoms with Crippen LogP contribution in [0.4, 0.5) is 11.4 Å². The van der Waals surface area contributed by atoms with Gasteiger partial charge in [0.1, 0.15) is 23.0 Å². The van der Waals surface area contributed by atoms with Gasteiger partial charge < -0.3 is 29.2 Å². The molecule has 0 amide bonds. The second kappa shape index (κ2) is 51.3. The number of rotatable bonds is 56. The third kappa shape index (κ3) is 37.7. The highest BCUT2D eigenvalue weighted by Crippen LogP contribution is 2.27. The van der Waals surface area contributed by atoms with Gasteiger partial charge in [-0.2, -0.15) is 0 Å². The summed E-state index contributed by atoms with van der Waals surface area (Å²) in [6, 6.07) is 24.2. The van der Waals surface area contributed by atoms with Crippen molar-refractivity contribution in [1.29, 1.82) is 0 Å². The Morgan fingerprint density at radius 2 is 0.563 bits per heavy atom. The quantitative estimate of drug-likeness (QED) is 0.0253. The lowest BCUT2D eigenvalue weighted by atomic mass is 10.0. The van der Waals surface area contributed by atoms with Gasteiger partial charge in [-0.15, -0.1) is 0 Å². The van der Waals surface area contributed by atoms with Gasteiger partial charge in [0.15, 0.2) is 0 Å². The monoisotopic (exact) mass is 1200 g/mol. The molecule has 0 aliphatic heterocycles. The Morgan fingerprint density at radius 3 is 0.828 bits per heavy atom. The average molecular weight is 1200 g/mol. The maximum Gasteiger partial charge on any atom is 0.338 e. The molecule has 0 saturated carbocycles. The Labute approximate surface area is 528 Å². The number of aromatic hydroxyl groups is 2. The van der Waals surface area contributed by atoms with Crippen molar-refractivity contribution in [3.05, 3.63) is 107 Å². The lowest BCUT2D eigenvalue weighted by Crippen LogP contribution is -2.08. The van der Waals surface area contributed by atoms with Gasteiger partial charge >= 0.3 is 11.9 Å². The molecule has 4 rings (SSSR count). The number of unbranched alkanes of at least 4 members (excludes halogenated alkanes) is 40. The Hall–Kier alpha value is -5.64. The summed E-state index contributed by atoms with van der Waals surface area (Å²) in [6.07, 6.45) is 59.5. The van der Waals surface area contributed by atoms with Crippen LogP contribution in [0.15, 0.2) is 94.9 Å². The number of hydrogen-bond acceptors (Lipinski definition) is 10. The lowest BCUT2D eigenvalue weighted by molar-refractivity contribution is 0.0478.